The summed E-state index contributed by atoms with van der Waals surface area (Å²) in [6.45, 7) is 3.88. The molecule has 0 unspecified atom stereocenters. The zero-order valence-corrected chi connectivity index (χ0v) is 15.3. The van der Waals surface area contributed by atoms with E-state index in [0.717, 1.165) is 22.2 Å². The van der Waals surface area contributed by atoms with Gasteiger partial charge in [0.1, 0.15) is 11.4 Å². The summed E-state index contributed by atoms with van der Waals surface area (Å²) in [6, 6.07) is 7.41. The standard InChI is InChI=1S/C17H16ClN3O3S/c1-3-24-16(23)15-10(2)19-17(25-15)20-14(22)9-21-7-6-11-8-12(18)4-5-13(11)21/h4-8H,3,9H2,1-2H3,(H,19,20,22). The number of nitrogens with zero attached hydrogens (tertiary/aromatic N) is 2. The van der Waals surface area contributed by atoms with E-state index in [4.69, 9.17) is 16.3 Å². The first kappa shape index (κ1) is 17.4. The number of thiazole rings is 1. The fourth-order valence-corrected chi connectivity index (χ4v) is 3.52. The van der Waals surface area contributed by atoms with Gasteiger partial charge < -0.3 is 14.6 Å². The maximum Gasteiger partial charge on any atom is 0.350 e. The lowest BCUT2D eigenvalue weighted by molar-refractivity contribution is -0.116. The molecule has 130 valence electrons. The smallest absolute Gasteiger partial charge is 0.350 e. The average Bonchev–Trinajstić information content (AvgIpc) is 3.11. The Labute approximate surface area is 153 Å². The van der Waals surface area contributed by atoms with Gasteiger partial charge in [-0.3, -0.25) is 4.79 Å². The SMILES string of the molecule is CCOC(=O)c1sc(NC(=O)Cn2ccc3cc(Cl)ccc32)nc1C. The Morgan fingerprint density at radius 2 is 2.16 bits per heavy atom. The Bertz CT molecular complexity index is 948. The van der Waals surface area contributed by atoms with Crippen LogP contribution in [0.15, 0.2) is 30.5 Å². The minimum absolute atomic E-state index is 0.137. The number of anilines is 1. The highest BCUT2D eigenvalue weighted by Crippen LogP contribution is 2.24. The zero-order valence-electron chi connectivity index (χ0n) is 13.7. The van der Waals surface area contributed by atoms with Crippen LogP contribution in [0.2, 0.25) is 5.02 Å². The molecule has 1 aromatic carbocycles. The van der Waals surface area contributed by atoms with Crippen LogP contribution in [0.1, 0.15) is 22.3 Å². The quantitative estimate of drug-likeness (QED) is 0.685. The Morgan fingerprint density at radius 1 is 1.36 bits per heavy atom. The molecule has 3 aromatic rings. The molecule has 0 fully saturated rings. The van der Waals surface area contributed by atoms with E-state index in [1.54, 1.807) is 19.9 Å². The van der Waals surface area contributed by atoms with Crippen LogP contribution >= 0.6 is 22.9 Å². The molecule has 0 spiro atoms. The van der Waals surface area contributed by atoms with Crippen LogP contribution in [0.25, 0.3) is 10.9 Å². The molecule has 6 nitrogen and oxygen atoms in total. The number of ether oxygens (including phenoxy) is 1. The first-order valence-corrected chi connectivity index (χ1v) is 8.86. The largest absolute Gasteiger partial charge is 0.462 e. The molecule has 3 rings (SSSR count). The van der Waals surface area contributed by atoms with Gasteiger partial charge in [0.25, 0.3) is 0 Å². The van der Waals surface area contributed by atoms with Gasteiger partial charge in [0.2, 0.25) is 5.91 Å². The van der Waals surface area contributed by atoms with Gasteiger partial charge >= 0.3 is 5.97 Å². The van der Waals surface area contributed by atoms with Crippen LogP contribution in [0.4, 0.5) is 5.13 Å². The van der Waals surface area contributed by atoms with Gasteiger partial charge in [-0.25, -0.2) is 9.78 Å². The molecule has 0 aliphatic rings. The third-order valence-electron chi connectivity index (χ3n) is 3.55. The van der Waals surface area contributed by atoms with Crippen molar-refractivity contribution in [3.8, 4) is 0 Å². The molecule has 8 heteroatoms. The van der Waals surface area contributed by atoms with E-state index in [0.29, 0.717) is 27.3 Å². The van der Waals surface area contributed by atoms with E-state index in [-0.39, 0.29) is 12.5 Å². The van der Waals surface area contributed by atoms with Gasteiger partial charge in [-0.2, -0.15) is 0 Å². The molecule has 2 heterocycles. The number of nitrogens with one attached hydrogen (secondary N) is 1. The van der Waals surface area contributed by atoms with E-state index in [1.807, 2.05) is 29.0 Å². The number of amides is 1. The minimum atomic E-state index is -0.425. The molecular weight excluding hydrogens is 362 g/mol. The Kier molecular flexibility index (Phi) is 5.06. The predicted octanol–water partition coefficient (Wildman–Crippen LogP) is 3.88. The van der Waals surface area contributed by atoms with E-state index in [9.17, 15) is 9.59 Å². The van der Waals surface area contributed by atoms with Gasteiger partial charge in [0.15, 0.2) is 5.13 Å². The molecule has 0 atom stereocenters. The molecule has 0 bridgehead atoms. The number of hydrogen-bond acceptors (Lipinski definition) is 5. The lowest BCUT2D eigenvalue weighted by Gasteiger charge is -2.05. The summed E-state index contributed by atoms with van der Waals surface area (Å²) < 4.78 is 6.80. The first-order valence-electron chi connectivity index (χ1n) is 7.66. The van der Waals surface area contributed by atoms with E-state index < -0.39 is 5.97 Å². The number of aryl methyl sites for hydroxylation is 1. The third-order valence-corrected chi connectivity index (χ3v) is 4.84. The van der Waals surface area contributed by atoms with Crippen molar-refractivity contribution in [2.75, 3.05) is 11.9 Å². The molecule has 2 aromatic heterocycles. The fourth-order valence-electron chi connectivity index (χ4n) is 2.46. The maximum absolute atomic E-state index is 12.3. The third kappa shape index (κ3) is 3.83. The van der Waals surface area contributed by atoms with Gasteiger partial charge in [0.05, 0.1) is 12.3 Å². The number of esters is 1. The number of fused-ring (bicyclic) bond motifs is 1. The van der Waals surface area contributed by atoms with Crippen molar-refractivity contribution < 1.29 is 14.3 Å². The topological polar surface area (TPSA) is 73.2 Å². The maximum atomic E-state index is 12.3. The second-order valence-corrected chi connectivity index (χ2v) is 6.78. The summed E-state index contributed by atoms with van der Waals surface area (Å²) in [6.07, 6.45) is 1.83. The lowest BCUT2D eigenvalue weighted by atomic mass is 10.2. The van der Waals surface area contributed by atoms with Crippen molar-refractivity contribution in [2.24, 2.45) is 0 Å². The fraction of sp³-hybridized carbons (Fsp3) is 0.235. The van der Waals surface area contributed by atoms with Crippen LogP contribution in [0, 0.1) is 6.92 Å². The van der Waals surface area contributed by atoms with Crippen LogP contribution < -0.4 is 5.32 Å². The van der Waals surface area contributed by atoms with Gasteiger partial charge in [0, 0.05) is 22.1 Å². The summed E-state index contributed by atoms with van der Waals surface area (Å²) in [4.78, 5) is 28.7. The zero-order chi connectivity index (χ0) is 18.0. The number of carbonyl (C=O) groups is 2. The Morgan fingerprint density at radius 3 is 2.92 bits per heavy atom. The van der Waals surface area contributed by atoms with Gasteiger partial charge in [-0.15, -0.1) is 0 Å². The van der Waals surface area contributed by atoms with Crippen LogP contribution in [0.3, 0.4) is 0 Å². The number of hydrogen-bond donors (Lipinski definition) is 1. The van der Waals surface area contributed by atoms with E-state index in [1.165, 1.54) is 0 Å². The van der Waals surface area contributed by atoms with Crippen molar-refractivity contribution >= 4 is 50.8 Å². The van der Waals surface area contributed by atoms with Crippen molar-refractivity contribution in [1.82, 2.24) is 9.55 Å². The number of aromatic nitrogens is 2. The Hall–Kier alpha value is -2.38. The van der Waals surface area contributed by atoms with Crippen molar-refractivity contribution in [3.63, 3.8) is 0 Å². The highest BCUT2D eigenvalue weighted by molar-refractivity contribution is 7.17. The highest BCUT2D eigenvalue weighted by Gasteiger charge is 2.17. The normalized spacial score (nSPS) is 10.8. The second kappa shape index (κ2) is 7.25. The molecule has 0 aliphatic carbocycles. The summed E-state index contributed by atoms with van der Waals surface area (Å²) in [5.74, 6) is -0.650. The van der Waals surface area contributed by atoms with Crippen LogP contribution in [0.5, 0.6) is 0 Å². The number of halogens is 1. The number of rotatable bonds is 5. The second-order valence-electron chi connectivity index (χ2n) is 5.35. The van der Waals surface area contributed by atoms with Gasteiger partial charge in [-0.1, -0.05) is 22.9 Å². The Balaban J connectivity index is 1.72. The summed E-state index contributed by atoms with van der Waals surface area (Å²) in [5.41, 5.74) is 1.46. The van der Waals surface area contributed by atoms with Gasteiger partial charge in [-0.05, 0) is 38.1 Å². The number of benzene rings is 1. The molecule has 0 radical (unpaired) electrons. The molecule has 0 saturated carbocycles. The van der Waals surface area contributed by atoms with E-state index >= 15 is 0 Å². The predicted molar refractivity (Wildman–Crippen MR) is 98.4 cm³/mol. The summed E-state index contributed by atoms with van der Waals surface area (Å²) in [5, 5.41) is 4.73. The molecule has 0 aliphatic heterocycles. The highest BCUT2D eigenvalue weighted by atomic mass is 35.5. The average molecular weight is 378 g/mol. The first-order chi connectivity index (χ1) is 12.0. The van der Waals surface area contributed by atoms with Crippen molar-refractivity contribution in [3.05, 3.63) is 46.1 Å². The van der Waals surface area contributed by atoms with Crippen molar-refractivity contribution in [1.29, 1.82) is 0 Å². The molecular formula is C17H16ClN3O3S. The molecule has 1 amide bonds. The summed E-state index contributed by atoms with van der Waals surface area (Å²) in [7, 11) is 0. The summed E-state index contributed by atoms with van der Waals surface area (Å²) >= 11 is 7.08. The minimum Gasteiger partial charge on any atom is -0.462 e. The molecule has 25 heavy (non-hydrogen) atoms. The molecule has 1 N–H and O–H groups in total. The van der Waals surface area contributed by atoms with Crippen LogP contribution in [-0.4, -0.2) is 28.0 Å². The monoisotopic (exact) mass is 377 g/mol. The lowest BCUT2D eigenvalue weighted by Crippen LogP contribution is -2.18. The van der Waals surface area contributed by atoms with E-state index in [2.05, 4.69) is 10.3 Å². The van der Waals surface area contributed by atoms with Crippen molar-refractivity contribution in [2.45, 2.75) is 20.4 Å². The number of carbonyl (C=O) groups excluding carboxylic acids is 2. The molecule has 0 saturated heterocycles. The van der Waals surface area contributed by atoms with Crippen LogP contribution in [-0.2, 0) is 16.1 Å².